The van der Waals surface area contributed by atoms with Gasteiger partial charge in [0.1, 0.15) is 0 Å². The molecular formula is C18H20. The topological polar surface area (TPSA) is 0 Å². The number of allylic oxidation sites excluding steroid dienone is 1. The Kier molecular flexibility index (Phi) is 3.66. The first-order valence-electron chi connectivity index (χ1n) is 6.43. The van der Waals surface area contributed by atoms with E-state index in [1.165, 1.54) is 33.4 Å². The third-order valence-corrected chi connectivity index (χ3v) is 3.54. The first-order chi connectivity index (χ1) is 8.63. The lowest BCUT2D eigenvalue weighted by Crippen LogP contribution is -1.89. The Balaban J connectivity index is 2.58. The molecule has 0 heterocycles. The molecule has 2 aromatic carbocycles. The Morgan fingerprint density at radius 2 is 1.67 bits per heavy atom. The highest BCUT2D eigenvalue weighted by atomic mass is 14.1. The molecule has 0 bridgehead atoms. The van der Waals surface area contributed by atoms with Crippen LogP contribution in [0.15, 0.2) is 42.5 Å². The molecule has 0 atom stereocenters. The molecular weight excluding hydrogens is 216 g/mol. The fraction of sp³-hybridized carbons (Fsp3) is 0.222. The molecule has 0 saturated heterocycles. The zero-order valence-corrected chi connectivity index (χ0v) is 11.6. The van der Waals surface area contributed by atoms with Gasteiger partial charge in [-0.3, -0.25) is 0 Å². The van der Waals surface area contributed by atoms with Crippen LogP contribution < -0.4 is 0 Å². The van der Waals surface area contributed by atoms with E-state index in [4.69, 9.17) is 0 Å². The summed E-state index contributed by atoms with van der Waals surface area (Å²) in [5, 5.41) is 0. The van der Waals surface area contributed by atoms with Crippen molar-refractivity contribution < 1.29 is 0 Å². The van der Waals surface area contributed by atoms with Gasteiger partial charge in [-0.1, -0.05) is 42.5 Å². The van der Waals surface area contributed by atoms with Crippen LogP contribution in [-0.2, 0) is 0 Å². The van der Waals surface area contributed by atoms with Crippen LogP contribution in [0.5, 0.6) is 0 Å². The minimum Gasteiger partial charge on any atom is -0.0871 e. The second kappa shape index (κ2) is 5.22. The first kappa shape index (κ1) is 12.6. The molecule has 0 N–H and O–H groups in total. The molecule has 0 aromatic heterocycles. The second-order valence-corrected chi connectivity index (χ2v) is 4.82. The maximum absolute atomic E-state index is 2.27. The monoisotopic (exact) mass is 236 g/mol. The summed E-state index contributed by atoms with van der Waals surface area (Å²) in [5.74, 6) is 0. The minimum atomic E-state index is 1.30. The van der Waals surface area contributed by atoms with Gasteiger partial charge in [0.05, 0.1) is 0 Å². The fourth-order valence-electron chi connectivity index (χ4n) is 2.23. The van der Waals surface area contributed by atoms with Gasteiger partial charge in [-0.05, 0) is 67.1 Å². The number of benzene rings is 2. The van der Waals surface area contributed by atoms with E-state index < -0.39 is 0 Å². The molecule has 0 nitrogen and oxygen atoms in total. The van der Waals surface area contributed by atoms with E-state index in [9.17, 15) is 0 Å². The molecule has 0 saturated carbocycles. The lowest BCUT2D eigenvalue weighted by molar-refractivity contribution is 1.33. The van der Waals surface area contributed by atoms with Crippen LogP contribution in [0.4, 0.5) is 0 Å². The highest BCUT2D eigenvalue weighted by Crippen LogP contribution is 2.27. The Morgan fingerprint density at radius 3 is 2.39 bits per heavy atom. The van der Waals surface area contributed by atoms with E-state index in [1.807, 2.05) is 0 Å². The maximum Gasteiger partial charge on any atom is -0.0152 e. The molecule has 0 fully saturated rings. The van der Waals surface area contributed by atoms with E-state index in [1.54, 1.807) is 0 Å². The fourth-order valence-corrected chi connectivity index (χ4v) is 2.23. The summed E-state index contributed by atoms with van der Waals surface area (Å²) in [6.07, 6.45) is 4.26. The molecule has 0 amide bonds. The summed E-state index contributed by atoms with van der Waals surface area (Å²) in [6, 6.07) is 13.2. The largest absolute Gasteiger partial charge is 0.0871 e. The molecule has 0 radical (unpaired) electrons. The van der Waals surface area contributed by atoms with E-state index in [2.05, 4.69) is 76.2 Å². The quantitative estimate of drug-likeness (QED) is 0.662. The van der Waals surface area contributed by atoms with Gasteiger partial charge in [0.15, 0.2) is 0 Å². The van der Waals surface area contributed by atoms with Gasteiger partial charge >= 0.3 is 0 Å². The molecule has 0 aliphatic rings. The SMILES string of the molecule is C/C=C\c1cc(-c2cccc(C)c2C)ccc1C. The summed E-state index contributed by atoms with van der Waals surface area (Å²) >= 11 is 0. The van der Waals surface area contributed by atoms with Crippen LogP contribution in [0.1, 0.15) is 29.2 Å². The predicted octanol–water partition coefficient (Wildman–Crippen LogP) is 5.31. The molecule has 0 unspecified atom stereocenters. The molecule has 0 aliphatic heterocycles. The van der Waals surface area contributed by atoms with Crippen molar-refractivity contribution in [3.05, 3.63) is 64.7 Å². The maximum atomic E-state index is 2.27. The van der Waals surface area contributed by atoms with Crippen molar-refractivity contribution in [2.75, 3.05) is 0 Å². The van der Waals surface area contributed by atoms with Gasteiger partial charge in [0, 0.05) is 0 Å². The Morgan fingerprint density at radius 1 is 0.889 bits per heavy atom. The first-order valence-corrected chi connectivity index (χ1v) is 6.43. The van der Waals surface area contributed by atoms with Gasteiger partial charge < -0.3 is 0 Å². The van der Waals surface area contributed by atoms with Crippen molar-refractivity contribution in [2.24, 2.45) is 0 Å². The lowest BCUT2D eigenvalue weighted by atomic mass is 9.94. The Hall–Kier alpha value is -1.82. The average Bonchev–Trinajstić information content (AvgIpc) is 2.36. The van der Waals surface area contributed by atoms with Gasteiger partial charge in [-0.25, -0.2) is 0 Å². The summed E-state index contributed by atoms with van der Waals surface area (Å²) in [4.78, 5) is 0. The van der Waals surface area contributed by atoms with Crippen molar-refractivity contribution in [2.45, 2.75) is 27.7 Å². The Labute approximate surface area is 110 Å². The number of aryl methyl sites for hydroxylation is 2. The van der Waals surface area contributed by atoms with Crippen molar-refractivity contribution in [3.8, 4) is 11.1 Å². The van der Waals surface area contributed by atoms with E-state index >= 15 is 0 Å². The van der Waals surface area contributed by atoms with E-state index in [-0.39, 0.29) is 0 Å². The molecule has 2 aromatic rings. The molecule has 0 heteroatoms. The van der Waals surface area contributed by atoms with E-state index in [0.717, 1.165) is 0 Å². The number of hydrogen-bond donors (Lipinski definition) is 0. The molecule has 92 valence electrons. The van der Waals surface area contributed by atoms with Crippen molar-refractivity contribution >= 4 is 6.08 Å². The standard InChI is InChI=1S/C18H20/c1-5-7-16-12-17(11-10-14(16)3)18-9-6-8-13(2)15(18)4/h5-12H,1-4H3/b7-5-. The predicted molar refractivity (Wildman–Crippen MR) is 80.8 cm³/mol. The van der Waals surface area contributed by atoms with E-state index in [0.29, 0.717) is 0 Å². The zero-order valence-electron chi connectivity index (χ0n) is 11.6. The summed E-state index contributed by atoms with van der Waals surface area (Å²) in [7, 11) is 0. The van der Waals surface area contributed by atoms with Crippen LogP contribution in [0.3, 0.4) is 0 Å². The number of rotatable bonds is 2. The highest BCUT2D eigenvalue weighted by molar-refractivity contribution is 5.72. The van der Waals surface area contributed by atoms with Gasteiger partial charge in [0.25, 0.3) is 0 Å². The van der Waals surface area contributed by atoms with Crippen molar-refractivity contribution in [3.63, 3.8) is 0 Å². The number of hydrogen-bond acceptors (Lipinski definition) is 0. The molecule has 18 heavy (non-hydrogen) atoms. The van der Waals surface area contributed by atoms with Crippen LogP contribution in [0.25, 0.3) is 17.2 Å². The summed E-state index contributed by atoms with van der Waals surface area (Å²) in [5.41, 5.74) is 7.97. The smallest absolute Gasteiger partial charge is 0.0152 e. The lowest BCUT2D eigenvalue weighted by Gasteiger charge is -2.11. The van der Waals surface area contributed by atoms with Gasteiger partial charge in [0.2, 0.25) is 0 Å². The Bertz CT molecular complexity index is 589. The summed E-state index contributed by atoms with van der Waals surface area (Å²) in [6.45, 7) is 8.58. The second-order valence-electron chi connectivity index (χ2n) is 4.82. The van der Waals surface area contributed by atoms with Crippen LogP contribution >= 0.6 is 0 Å². The zero-order chi connectivity index (χ0) is 13.1. The van der Waals surface area contributed by atoms with Crippen LogP contribution in [-0.4, -0.2) is 0 Å². The molecule has 0 aliphatic carbocycles. The normalized spacial score (nSPS) is 11.1. The average molecular weight is 236 g/mol. The molecule has 0 spiro atoms. The third kappa shape index (κ3) is 2.38. The van der Waals surface area contributed by atoms with Gasteiger partial charge in [-0.2, -0.15) is 0 Å². The van der Waals surface area contributed by atoms with Crippen molar-refractivity contribution in [1.82, 2.24) is 0 Å². The third-order valence-electron chi connectivity index (χ3n) is 3.54. The highest BCUT2D eigenvalue weighted by Gasteiger charge is 2.05. The van der Waals surface area contributed by atoms with Crippen LogP contribution in [0.2, 0.25) is 0 Å². The van der Waals surface area contributed by atoms with Crippen molar-refractivity contribution in [1.29, 1.82) is 0 Å². The minimum absolute atomic E-state index is 1.30. The van der Waals surface area contributed by atoms with Crippen LogP contribution in [0, 0.1) is 20.8 Å². The molecule has 2 rings (SSSR count). The summed E-state index contributed by atoms with van der Waals surface area (Å²) < 4.78 is 0. The van der Waals surface area contributed by atoms with Gasteiger partial charge in [-0.15, -0.1) is 0 Å².